The van der Waals surface area contributed by atoms with Crippen LogP contribution in [0.4, 0.5) is 0 Å². The molecule has 0 unspecified atom stereocenters. The van der Waals surface area contributed by atoms with Gasteiger partial charge in [0.15, 0.2) is 0 Å². The van der Waals surface area contributed by atoms with Crippen LogP contribution in [-0.2, 0) is 4.79 Å². The molecule has 0 aromatic carbocycles. The summed E-state index contributed by atoms with van der Waals surface area (Å²) in [4.78, 5) is 10.5. The Bertz CT molecular complexity index is 702. The van der Waals surface area contributed by atoms with E-state index in [2.05, 4.69) is 58.1 Å². The third-order valence-electron chi connectivity index (χ3n) is 6.05. The molecule has 2 nitrogen and oxygen atoms in total. The van der Waals surface area contributed by atoms with Crippen LogP contribution in [0.3, 0.4) is 0 Å². The average molecular weight is 367 g/mol. The Morgan fingerprint density at radius 2 is 1.93 bits per heavy atom. The van der Waals surface area contributed by atoms with Crippen LogP contribution < -0.4 is 0 Å². The highest BCUT2D eigenvalue weighted by Gasteiger charge is 2.44. The summed E-state index contributed by atoms with van der Waals surface area (Å²) < 4.78 is 0. The predicted molar refractivity (Wildman–Crippen MR) is 114 cm³/mol. The third-order valence-corrected chi connectivity index (χ3v) is 6.05. The van der Waals surface area contributed by atoms with Gasteiger partial charge in [0, 0.05) is 6.08 Å². The van der Waals surface area contributed by atoms with Crippen LogP contribution in [0, 0.1) is 23.2 Å². The Morgan fingerprint density at radius 1 is 1.22 bits per heavy atom. The van der Waals surface area contributed by atoms with Crippen molar-refractivity contribution in [2.45, 2.75) is 53.4 Å². The minimum Gasteiger partial charge on any atom is -0.478 e. The molecule has 0 saturated carbocycles. The van der Waals surface area contributed by atoms with Gasteiger partial charge in [0.05, 0.1) is 0 Å². The molecule has 0 spiro atoms. The van der Waals surface area contributed by atoms with Crippen LogP contribution >= 0.6 is 0 Å². The third kappa shape index (κ3) is 5.69. The van der Waals surface area contributed by atoms with E-state index in [-0.39, 0.29) is 5.41 Å². The van der Waals surface area contributed by atoms with Crippen molar-refractivity contribution in [2.24, 2.45) is 23.2 Å². The number of hydrogen-bond donors (Lipinski definition) is 1. The van der Waals surface area contributed by atoms with E-state index in [1.807, 2.05) is 12.2 Å². The molecule has 2 heteroatoms. The first kappa shape index (κ1) is 21.2. The summed E-state index contributed by atoms with van der Waals surface area (Å²) in [6, 6.07) is 0. The lowest BCUT2D eigenvalue weighted by Gasteiger charge is -2.49. The normalized spacial score (nSPS) is 31.6. The van der Waals surface area contributed by atoms with Gasteiger partial charge < -0.3 is 5.11 Å². The van der Waals surface area contributed by atoms with E-state index >= 15 is 0 Å². The maximum absolute atomic E-state index is 10.5. The van der Waals surface area contributed by atoms with E-state index in [9.17, 15) is 4.79 Å². The first-order valence-electron chi connectivity index (χ1n) is 10.1. The van der Waals surface area contributed by atoms with Crippen molar-refractivity contribution in [2.75, 3.05) is 0 Å². The van der Waals surface area contributed by atoms with E-state index in [1.54, 1.807) is 6.08 Å². The number of rotatable bonds is 7. The van der Waals surface area contributed by atoms with Crippen molar-refractivity contribution in [3.8, 4) is 0 Å². The SMILES string of the molecule is CCC[C@@H]1C=C[C@@H]2CC(C)=CC[C@@H]2[C@]1(C)/C=C(C)/C=C/C=C/C=C/C(=O)O. The molecule has 2 rings (SSSR count). The fourth-order valence-electron chi connectivity index (χ4n) is 4.72. The van der Waals surface area contributed by atoms with Crippen LogP contribution in [0.15, 0.2) is 71.9 Å². The molecule has 0 aromatic rings. The topological polar surface area (TPSA) is 37.3 Å². The van der Waals surface area contributed by atoms with Gasteiger partial charge in [-0.25, -0.2) is 4.79 Å². The molecule has 2 aliphatic rings. The molecular weight excluding hydrogens is 332 g/mol. The number of carboxylic acid groups (broad SMARTS) is 1. The molecule has 0 saturated heterocycles. The number of carboxylic acids is 1. The van der Waals surface area contributed by atoms with Crippen molar-refractivity contribution < 1.29 is 9.90 Å². The smallest absolute Gasteiger partial charge is 0.328 e. The minimum atomic E-state index is -0.925. The van der Waals surface area contributed by atoms with Crippen LogP contribution in [0.1, 0.15) is 53.4 Å². The lowest BCUT2D eigenvalue weighted by Crippen LogP contribution is -2.41. The number of hydrogen-bond acceptors (Lipinski definition) is 1. The number of carbonyl (C=O) groups is 1. The van der Waals surface area contributed by atoms with Gasteiger partial charge in [-0.2, -0.15) is 0 Å². The maximum Gasteiger partial charge on any atom is 0.328 e. The second-order valence-corrected chi connectivity index (χ2v) is 8.24. The Morgan fingerprint density at radius 3 is 2.59 bits per heavy atom. The molecule has 0 aliphatic heterocycles. The first-order chi connectivity index (χ1) is 12.9. The van der Waals surface area contributed by atoms with E-state index in [4.69, 9.17) is 5.11 Å². The van der Waals surface area contributed by atoms with Crippen molar-refractivity contribution >= 4 is 5.97 Å². The molecule has 0 radical (unpaired) electrons. The van der Waals surface area contributed by atoms with Gasteiger partial charge in [-0.15, -0.1) is 0 Å². The lowest BCUT2D eigenvalue weighted by atomic mass is 9.55. The highest BCUT2D eigenvalue weighted by atomic mass is 16.4. The Hall–Kier alpha value is -2.09. The molecule has 0 heterocycles. The summed E-state index contributed by atoms with van der Waals surface area (Å²) in [5, 5.41) is 8.59. The maximum atomic E-state index is 10.5. The van der Waals surface area contributed by atoms with Gasteiger partial charge in [0.2, 0.25) is 0 Å². The zero-order chi connectivity index (χ0) is 19.9. The second-order valence-electron chi connectivity index (χ2n) is 8.24. The van der Waals surface area contributed by atoms with Gasteiger partial charge in [-0.05, 0) is 56.3 Å². The summed E-state index contributed by atoms with van der Waals surface area (Å²) in [7, 11) is 0. The number of aliphatic carboxylic acids is 1. The highest BCUT2D eigenvalue weighted by molar-refractivity contribution is 5.80. The molecule has 4 atom stereocenters. The molecule has 146 valence electrons. The lowest BCUT2D eigenvalue weighted by molar-refractivity contribution is -0.131. The molecule has 2 aliphatic carbocycles. The molecule has 0 bridgehead atoms. The van der Waals surface area contributed by atoms with Gasteiger partial charge >= 0.3 is 5.97 Å². The van der Waals surface area contributed by atoms with E-state index in [1.165, 1.54) is 42.9 Å². The summed E-state index contributed by atoms with van der Waals surface area (Å²) in [5.74, 6) is 0.988. The first-order valence-corrected chi connectivity index (χ1v) is 10.1. The molecule has 0 aromatic heterocycles. The molecule has 1 N–H and O–H groups in total. The zero-order valence-electron chi connectivity index (χ0n) is 17.2. The van der Waals surface area contributed by atoms with Crippen molar-refractivity contribution in [3.05, 3.63) is 71.9 Å². The van der Waals surface area contributed by atoms with Crippen molar-refractivity contribution in [1.82, 2.24) is 0 Å². The van der Waals surface area contributed by atoms with Gasteiger partial charge in [-0.3, -0.25) is 0 Å². The van der Waals surface area contributed by atoms with E-state index < -0.39 is 5.97 Å². The zero-order valence-corrected chi connectivity index (χ0v) is 17.2. The largest absolute Gasteiger partial charge is 0.478 e. The van der Waals surface area contributed by atoms with E-state index in [0.29, 0.717) is 17.8 Å². The average Bonchev–Trinajstić information content (AvgIpc) is 2.60. The second kappa shape index (κ2) is 9.73. The quantitative estimate of drug-likeness (QED) is 0.311. The summed E-state index contributed by atoms with van der Waals surface area (Å²) in [5.41, 5.74) is 2.97. The highest BCUT2D eigenvalue weighted by Crippen LogP contribution is 2.52. The summed E-state index contributed by atoms with van der Waals surface area (Å²) in [6.45, 7) is 9.15. The van der Waals surface area contributed by atoms with Crippen LogP contribution in [-0.4, -0.2) is 11.1 Å². The molecule has 0 amide bonds. The van der Waals surface area contributed by atoms with Crippen LogP contribution in [0.2, 0.25) is 0 Å². The Labute approximate surface area is 164 Å². The number of fused-ring (bicyclic) bond motifs is 1. The van der Waals surface area contributed by atoms with Crippen LogP contribution in [0.25, 0.3) is 0 Å². The van der Waals surface area contributed by atoms with Gasteiger partial charge in [-0.1, -0.05) is 86.1 Å². The predicted octanol–water partition coefficient (Wildman–Crippen LogP) is 6.65. The number of allylic oxidation sites excluding steroid dienone is 11. The summed E-state index contributed by atoms with van der Waals surface area (Å²) >= 11 is 0. The summed E-state index contributed by atoms with van der Waals surface area (Å²) in [6.07, 6.45) is 25.1. The van der Waals surface area contributed by atoms with Gasteiger partial charge in [0.1, 0.15) is 0 Å². The standard InChI is InChI=1S/C25H34O2/c1-5-10-22-15-14-21-17-19(2)13-16-23(21)25(22,4)18-20(3)11-8-6-7-9-12-24(26)27/h6-9,11-15,18,21-23H,5,10,16-17H2,1-4H3,(H,26,27)/b7-6+,11-8+,12-9+,20-18+/t21-,22-,23+,25-/m1/s1. The fourth-order valence-corrected chi connectivity index (χ4v) is 4.72. The molecule has 0 fully saturated rings. The Balaban J connectivity index is 2.20. The van der Waals surface area contributed by atoms with Crippen LogP contribution in [0.5, 0.6) is 0 Å². The monoisotopic (exact) mass is 366 g/mol. The van der Waals surface area contributed by atoms with E-state index in [0.717, 1.165) is 6.08 Å². The minimum absolute atomic E-state index is 0.175. The molecule has 27 heavy (non-hydrogen) atoms. The molecular formula is C25H34O2. The van der Waals surface area contributed by atoms with Gasteiger partial charge in [0.25, 0.3) is 0 Å². The van der Waals surface area contributed by atoms with Crippen molar-refractivity contribution in [1.29, 1.82) is 0 Å². The Kier molecular flexibility index (Phi) is 7.65. The van der Waals surface area contributed by atoms with Crippen molar-refractivity contribution in [3.63, 3.8) is 0 Å². The fraction of sp³-hybridized carbons (Fsp3) is 0.480.